The molecule has 1 aromatic heterocycles. The molecule has 0 saturated carbocycles. The second-order valence-electron chi connectivity index (χ2n) is 8.50. The number of hydrogen-bond donors (Lipinski definition) is 0. The smallest absolute Gasteiger partial charge is 0.226 e. The lowest BCUT2D eigenvalue weighted by Gasteiger charge is -2.35. The summed E-state index contributed by atoms with van der Waals surface area (Å²) in [6, 6.07) is 6.32. The Bertz CT molecular complexity index is 907. The van der Waals surface area contributed by atoms with Crippen molar-refractivity contribution in [3.8, 4) is 11.5 Å². The minimum absolute atomic E-state index is 0.135. The molecule has 1 unspecified atom stereocenters. The van der Waals surface area contributed by atoms with E-state index in [0.717, 1.165) is 74.1 Å². The van der Waals surface area contributed by atoms with Gasteiger partial charge in [0.05, 0.1) is 16.7 Å². The Hall–Kier alpha value is -2.12. The number of aryl methyl sites for hydroxylation is 1. The van der Waals surface area contributed by atoms with Crippen LogP contribution in [0, 0.1) is 12.8 Å². The van der Waals surface area contributed by atoms with Crippen molar-refractivity contribution < 1.29 is 14.3 Å². The number of carbonyl (C=O) groups excluding carboxylic acids is 1. The van der Waals surface area contributed by atoms with Crippen LogP contribution in [0.1, 0.15) is 48.0 Å². The summed E-state index contributed by atoms with van der Waals surface area (Å²) in [5.74, 6) is 2.08. The fraction of sp³-hybridized carbons (Fsp3) is 0.565. The topological polar surface area (TPSA) is 54.9 Å². The summed E-state index contributed by atoms with van der Waals surface area (Å²) in [5.41, 5.74) is 2.32. The molecule has 0 N–H and O–H groups in total. The molecular formula is C23H29N3O3S. The summed E-state index contributed by atoms with van der Waals surface area (Å²) in [7, 11) is 0. The van der Waals surface area contributed by atoms with Crippen molar-refractivity contribution in [2.75, 3.05) is 32.8 Å². The molecule has 5 rings (SSSR count). The SMILES string of the molecule is Cc1nc(CN2CCC(C(=O)N3CCCC3c3ccc4c(c3)OCCO4)CC2)cs1. The van der Waals surface area contributed by atoms with Crippen molar-refractivity contribution in [3.63, 3.8) is 0 Å². The molecule has 4 heterocycles. The van der Waals surface area contributed by atoms with E-state index in [1.807, 2.05) is 13.0 Å². The van der Waals surface area contributed by atoms with Crippen molar-refractivity contribution in [1.82, 2.24) is 14.8 Å². The van der Waals surface area contributed by atoms with Crippen LogP contribution in [0.15, 0.2) is 23.6 Å². The third-order valence-corrected chi connectivity index (χ3v) is 7.30. The second-order valence-corrected chi connectivity index (χ2v) is 9.56. The number of amides is 1. The van der Waals surface area contributed by atoms with Gasteiger partial charge in [-0.1, -0.05) is 6.07 Å². The van der Waals surface area contributed by atoms with Crippen LogP contribution in [0.3, 0.4) is 0 Å². The van der Waals surface area contributed by atoms with Crippen molar-refractivity contribution in [3.05, 3.63) is 39.8 Å². The number of benzene rings is 1. The number of fused-ring (bicyclic) bond motifs is 1. The Kier molecular flexibility index (Phi) is 5.65. The van der Waals surface area contributed by atoms with Crippen LogP contribution < -0.4 is 9.47 Å². The highest BCUT2D eigenvalue weighted by Gasteiger charge is 2.36. The van der Waals surface area contributed by atoms with Gasteiger partial charge in [0.1, 0.15) is 13.2 Å². The van der Waals surface area contributed by atoms with Crippen LogP contribution in [0.4, 0.5) is 0 Å². The Labute approximate surface area is 181 Å². The van der Waals surface area contributed by atoms with Gasteiger partial charge in [-0.05, 0) is 63.4 Å². The van der Waals surface area contributed by atoms with Gasteiger partial charge in [-0.25, -0.2) is 4.98 Å². The van der Waals surface area contributed by atoms with Gasteiger partial charge in [0.25, 0.3) is 0 Å². The molecule has 3 aliphatic heterocycles. The molecule has 2 saturated heterocycles. The highest BCUT2D eigenvalue weighted by Crippen LogP contribution is 2.39. The van der Waals surface area contributed by atoms with E-state index in [-0.39, 0.29) is 12.0 Å². The van der Waals surface area contributed by atoms with Gasteiger partial charge >= 0.3 is 0 Å². The van der Waals surface area contributed by atoms with Gasteiger partial charge in [0.2, 0.25) is 5.91 Å². The zero-order valence-electron chi connectivity index (χ0n) is 17.5. The summed E-state index contributed by atoms with van der Waals surface area (Å²) in [6.07, 6.45) is 3.96. The number of nitrogens with zero attached hydrogens (tertiary/aromatic N) is 3. The Morgan fingerprint density at radius 2 is 1.93 bits per heavy atom. The summed E-state index contributed by atoms with van der Waals surface area (Å²) in [6.45, 7) is 6.92. The quantitative estimate of drug-likeness (QED) is 0.743. The normalized spacial score (nSPS) is 22.4. The number of thiazole rings is 1. The molecule has 2 aromatic rings. The third-order valence-electron chi connectivity index (χ3n) is 6.48. The molecule has 1 amide bonds. The number of carbonyl (C=O) groups is 1. The molecule has 7 heteroatoms. The van der Waals surface area contributed by atoms with Gasteiger partial charge in [0, 0.05) is 24.4 Å². The molecule has 1 atom stereocenters. The van der Waals surface area contributed by atoms with E-state index in [2.05, 4.69) is 32.3 Å². The van der Waals surface area contributed by atoms with E-state index in [1.54, 1.807) is 11.3 Å². The standard InChI is InChI=1S/C23H29N3O3S/c1-16-24-19(15-30-16)14-25-9-6-17(7-10-25)23(27)26-8-2-3-20(26)18-4-5-21-22(13-18)29-12-11-28-21/h4-5,13,15,17,20H,2-3,6-12,14H2,1H3. The average molecular weight is 428 g/mol. The van der Waals surface area contributed by atoms with Crippen LogP contribution in [0.25, 0.3) is 0 Å². The van der Waals surface area contributed by atoms with Gasteiger partial charge < -0.3 is 14.4 Å². The molecule has 1 aromatic carbocycles. The van der Waals surface area contributed by atoms with Gasteiger partial charge in [-0.15, -0.1) is 11.3 Å². The van der Waals surface area contributed by atoms with E-state index in [9.17, 15) is 4.79 Å². The molecule has 3 aliphatic rings. The van der Waals surface area contributed by atoms with Crippen LogP contribution in [-0.4, -0.2) is 53.5 Å². The first kappa shape index (κ1) is 19.8. The monoisotopic (exact) mass is 427 g/mol. The van der Waals surface area contributed by atoms with Crippen LogP contribution in [0.5, 0.6) is 11.5 Å². The molecule has 0 radical (unpaired) electrons. The number of hydrogen-bond acceptors (Lipinski definition) is 6. The number of ether oxygens (including phenoxy) is 2. The first-order valence-corrected chi connectivity index (χ1v) is 11.9. The molecule has 2 fully saturated rings. The van der Waals surface area contributed by atoms with Crippen LogP contribution >= 0.6 is 11.3 Å². The van der Waals surface area contributed by atoms with Gasteiger partial charge in [0.15, 0.2) is 11.5 Å². The highest BCUT2D eigenvalue weighted by atomic mass is 32.1. The first-order valence-electron chi connectivity index (χ1n) is 11.0. The maximum Gasteiger partial charge on any atom is 0.226 e. The second kappa shape index (κ2) is 8.55. The summed E-state index contributed by atoms with van der Waals surface area (Å²) >= 11 is 1.71. The molecule has 6 nitrogen and oxygen atoms in total. The number of likely N-dealkylation sites (tertiary alicyclic amines) is 2. The lowest BCUT2D eigenvalue weighted by atomic mass is 9.94. The maximum atomic E-state index is 13.4. The van der Waals surface area contributed by atoms with Gasteiger partial charge in [-0.3, -0.25) is 9.69 Å². The minimum Gasteiger partial charge on any atom is -0.486 e. The van der Waals surface area contributed by atoms with E-state index in [1.165, 1.54) is 5.56 Å². The fourth-order valence-corrected chi connectivity index (χ4v) is 5.53. The molecule has 0 bridgehead atoms. The number of rotatable bonds is 4. The Morgan fingerprint density at radius 1 is 1.13 bits per heavy atom. The van der Waals surface area contributed by atoms with E-state index >= 15 is 0 Å². The number of aromatic nitrogens is 1. The van der Waals surface area contributed by atoms with Crippen LogP contribution in [-0.2, 0) is 11.3 Å². The molecule has 0 aliphatic carbocycles. The van der Waals surface area contributed by atoms with E-state index in [4.69, 9.17) is 9.47 Å². The molecule has 0 spiro atoms. The molecule has 30 heavy (non-hydrogen) atoms. The summed E-state index contributed by atoms with van der Waals surface area (Å²) < 4.78 is 11.4. The zero-order chi connectivity index (χ0) is 20.5. The summed E-state index contributed by atoms with van der Waals surface area (Å²) in [5, 5.41) is 3.27. The molecule has 160 valence electrons. The molecular weight excluding hydrogens is 398 g/mol. The summed E-state index contributed by atoms with van der Waals surface area (Å²) in [4.78, 5) is 22.5. The van der Waals surface area contributed by atoms with Crippen LogP contribution in [0.2, 0.25) is 0 Å². The zero-order valence-corrected chi connectivity index (χ0v) is 18.3. The van der Waals surface area contributed by atoms with E-state index < -0.39 is 0 Å². The lowest BCUT2D eigenvalue weighted by Crippen LogP contribution is -2.42. The van der Waals surface area contributed by atoms with Crippen molar-refractivity contribution >= 4 is 17.2 Å². The lowest BCUT2D eigenvalue weighted by molar-refractivity contribution is -0.138. The maximum absolute atomic E-state index is 13.4. The van der Waals surface area contributed by atoms with Crippen molar-refractivity contribution in [2.45, 2.75) is 45.2 Å². The largest absolute Gasteiger partial charge is 0.486 e. The average Bonchev–Trinajstić information content (AvgIpc) is 3.42. The fourth-order valence-electron chi connectivity index (χ4n) is 4.93. The van der Waals surface area contributed by atoms with Crippen molar-refractivity contribution in [1.29, 1.82) is 0 Å². The van der Waals surface area contributed by atoms with Gasteiger partial charge in [-0.2, -0.15) is 0 Å². The highest BCUT2D eigenvalue weighted by molar-refractivity contribution is 7.09. The third kappa shape index (κ3) is 4.05. The predicted octanol–water partition coefficient (Wildman–Crippen LogP) is 3.80. The predicted molar refractivity (Wildman–Crippen MR) is 116 cm³/mol. The van der Waals surface area contributed by atoms with Crippen molar-refractivity contribution in [2.24, 2.45) is 5.92 Å². The first-order chi connectivity index (χ1) is 14.7. The number of piperidine rings is 1. The Balaban J connectivity index is 1.21. The minimum atomic E-state index is 0.135. The van der Waals surface area contributed by atoms with E-state index in [0.29, 0.717) is 19.1 Å². The Morgan fingerprint density at radius 3 is 2.70 bits per heavy atom.